The van der Waals surface area contributed by atoms with Gasteiger partial charge in [0, 0.05) is 18.4 Å². The van der Waals surface area contributed by atoms with Crippen molar-refractivity contribution in [1.29, 1.82) is 0 Å². The smallest absolute Gasteiger partial charge is 0.259 e. The van der Waals surface area contributed by atoms with Gasteiger partial charge < -0.3 is 9.55 Å². The zero-order valence-corrected chi connectivity index (χ0v) is 15.6. The van der Waals surface area contributed by atoms with Crippen molar-refractivity contribution in [2.24, 2.45) is 0 Å². The second kappa shape index (κ2) is 6.09. The van der Waals surface area contributed by atoms with Crippen molar-refractivity contribution < 1.29 is 8.42 Å². The number of aromatic nitrogens is 3. The van der Waals surface area contributed by atoms with Crippen molar-refractivity contribution in [3.8, 4) is 11.4 Å². The summed E-state index contributed by atoms with van der Waals surface area (Å²) in [6.07, 6.45) is 4.61. The molecule has 7 heteroatoms. The molecule has 1 aromatic carbocycles. The van der Waals surface area contributed by atoms with Crippen molar-refractivity contribution in [3.05, 3.63) is 52.1 Å². The molecule has 26 heavy (non-hydrogen) atoms. The molecule has 0 unspecified atom stereocenters. The van der Waals surface area contributed by atoms with Crippen LogP contribution >= 0.6 is 0 Å². The van der Waals surface area contributed by atoms with E-state index in [0.29, 0.717) is 24.2 Å². The summed E-state index contributed by atoms with van der Waals surface area (Å²) in [6, 6.07) is 6.02. The Labute approximate surface area is 151 Å². The Balaban J connectivity index is 1.81. The van der Waals surface area contributed by atoms with Crippen LogP contribution in [0.2, 0.25) is 0 Å². The van der Waals surface area contributed by atoms with Crippen molar-refractivity contribution in [3.63, 3.8) is 0 Å². The summed E-state index contributed by atoms with van der Waals surface area (Å²) in [6.45, 7) is 4.01. The maximum Gasteiger partial charge on any atom is 0.259 e. The number of nitrogens with zero attached hydrogens (tertiary/aromatic N) is 2. The van der Waals surface area contributed by atoms with Crippen LogP contribution in [0.4, 0.5) is 0 Å². The summed E-state index contributed by atoms with van der Waals surface area (Å²) in [5.41, 5.74) is 3.34. The van der Waals surface area contributed by atoms with E-state index >= 15 is 0 Å². The van der Waals surface area contributed by atoms with E-state index in [0.717, 1.165) is 22.0 Å². The van der Waals surface area contributed by atoms with Gasteiger partial charge in [-0.05, 0) is 49.8 Å². The largest absolute Gasteiger partial charge is 0.328 e. The number of nitrogens with one attached hydrogen (secondary N) is 1. The topological polar surface area (TPSA) is 84.8 Å². The Morgan fingerprint density at radius 2 is 1.88 bits per heavy atom. The zero-order valence-electron chi connectivity index (χ0n) is 14.8. The Morgan fingerprint density at radius 3 is 2.62 bits per heavy atom. The summed E-state index contributed by atoms with van der Waals surface area (Å²) in [4.78, 5) is 20.1. The maximum atomic E-state index is 12.7. The molecule has 3 heterocycles. The SMILES string of the molecule is Cc1cc(C)c2[nH]c(=O)c(-c3nccn3C3CCS(=O)(=O)CC3)cc2c1. The van der Waals surface area contributed by atoms with Crippen LogP contribution in [0, 0.1) is 13.8 Å². The highest BCUT2D eigenvalue weighted by atomic mass is 32.2. The van der Waals surface area contributed by atoms with Crippen LogP contribution in [-0.2, 0) is 9.84 Å². The first-order valence-corrected chi connectivity index (χ1v) is 10.5. The number of benzene rings is 1. The first-order chi connectivity index (χ1) is 12.3. The minimum atomic E-state index is -2.93. The number of imidazole rings is 1. The van der Waals surface area contributed by atoms with Gasteiger partial charge in [0.1, 0.15) is 15.7 Å². The molecule has 2 aromatic heterocycles. The molecule has 0 spiro atoms. The minimum Gasteiger partial charge on any atom is -0.328 e. The van der Waals surface area contributed by atoms with Gasteiger partial charge in [0.25, 0.3) is 5.56 Å². The molecule has 1 fully saturated rings. The molecule has 0 amide bonds. The van der Waals surface area contributed by atoms with Crippen LogP contribution in [0.15, 0.2) is 35.4 Å². The van der Waals surface area contributed by atoms with Gasteiger partial charge in [-0.2, -0.15) is 0 Å². The third-order valence-corrected chi connectivity index (χ3v) is 6.84. The number of pyridine rings is 1. The predicted octanol–water partition coefficient (Wildman–Crippen LogP) is 2.76. The number of aryl methyl sites for hydroxylation is 2. The van der Waals surface area contributed by atoms with Crippen LogP contribution in [0.3, 0.4) is 0 Å². The van der Waals surface area contributed by atoms with E-state index in [1.54, 1.807) is 6.20 Å². The lowest BCUT2D eigenvalue weighted by Crippen LogP contribution is -2.26. The average Bonchev–Trinajstić information content (AvgIpc) is 3.04. The molecule has 6 nitrogen and oxygen atoms in total. The lowest BCUT2D eigenvalue weighted by molar-refractivity contribution is 0.453. The monoisotopic (exact) mass is 371 g/mol. The number of rotatable bonds is 2. The van der Waals surface area contributed by atoms with Gasteiger partial charge in [-0.25, -0.2) is 13.4 Å². The Morgan fingerprint density at radius 1 is 1.15 bits per heavy atom. The summed E-state index contributed by atoms with van der Waals surface area (Å²) < 4.78 is 25.4. The lowest BCUT2D eigenvalue weighted by Gasteiger charge is -2.24. The van der Waals surface area contributed by atoms with E-state index in [1.807, 2.05) is 42.8 Å². The fraction of sp³-hybridized carbons (Fsp3) is 0.368. The van der Waals surface area contributed by atoms with Crippen LogP contribution in [-0.4, -0.2) is 34.5 Å². The quantitative estimate of drug-likeness (QED) is 0.751. The number of hydrogen-bond acceptors (Lipinski definition) is 4. The molecule has 1 aliphatic rings. The summed E-state index contributed by atoms with van der Waals surface area (Å²) >= 11 is 0. The highest BCUT2D eigenvalue weighted by Gasteiger charge is 2.26. The van der Waals surface area contributed by atoms with E-state index < -0.39 is 9.84 Å². The summed E-state index contributed by atoms with van der Waals surface area (Å²) in [5.74, 6) is 0.959. The highest BCUT2D eigenvalue weighted by molar-refractivity contribution is 7.91. The van der Waals surface area contributed by atoms with Crippen molar-refractivity contribution >= 4 is 20.7 Å². The first kappa shape index (κ1) is 17.0. The second-order valence-corrected chi connectivity index (χ2v) is 9.40. The van der Waals surface area contributed by atoms with E-state index in [2.05, 4.69) is 9.97 Å². The zero-order chi connectivity index (χ0) is 18.5. The van der Waals surface area contributed by atoms with Crippen LogP contribution < -0.4 is 5.56 Å². The molecular weight excluding hydrogens is 350 g/mol. The van der Waals surface area contributed by atoms with Gasteiger partial charge in [0.2, 0.25) is 0 Å². The van der Waals surface area contributed by atoms with E-state index in [9.17, 15) is 13.2 Å². The lowest BCUT2D eigenvalue weighted by atomic mass is 10.0. The molecule has 1 N–H and O–H groups in total. The van der Waals surface area contributed by atoms with Gasteiger partial charge in [0.05, 0.1) is 22.6 Å². The molecule has 0 bridgehead atoms. The molecular formula is C19H21N3O3S. The molecule has 0 radical (unpaired) electrons. The van der Waals surface area contributed by atoms with Crippen LogP contribution in [0.1, 0.15) is 30.0 Å². The Bertz CT molecular complexity index is 1140. The van der Waals surface area contributed by atoms with E-state index in [-0.39, 0.29) is 23.1 Å². The molecule has 3 aromatic rings. The van der Waals surface area contributed by atoms with E-state index in [1.165, 1.54) is 0 Å². The molecule has 136 valence electrons. The Kier molecular flexibility index (Phi) is 3.99. The van der Waals surface area contributed by atoms with Gasteiger partial charge in [-0.15, -0.1) is 0 Å². The molecule has 1 saturated heterocycles. The Hall–Kier alpha value is -2.41. The van der Waals surface area contributed by atoms with E-state index in [4.69, 9.17) is 0 Å². The number of aromatic amines is 1. The highest BCUT2D eigenvalue weighted by Crippen LogP contribution is 2.29. The number of sulfone groups is 1. The fourth-order valence-corrected chi connectivity index (χ4v) is 5.29. The molecule has 0 saturated carbocycles. The van der Waals surface area contributed by atoms with Crippen LogP contribution in [0.25, 0.3) is 22.3 Å². The third-order valence-electron chi connectivity index (χ3n) is 5.12. The first-order valence-electron chi connectivity index (χ1n) is 8.72. The fourth-order valence-electron chi connectivity index (χ4n) is 3.83. The second-order valence-electron chi connectivity index (χ2n) is 7.10. The minimum absolute atomic E-state index is 0.0466. The van der Waals surface area contributed by atoms with Crippen molar-refractivity contribution in [2.75, 3.05) is 11.5 Å². The standard InChI is InChI=1S/C19H21N3O3S/c1-12-9-13(2)17-14(10-12)11-16(19(23)21-17)18-20-5-6-22(18)15-3-7-26(24,25)8-4-15/h5-6,9-11,15H,3-4,7-8H2,1-2H3,(H,21,23). The number of H-pyrrole nitrogens is 1. The molecule has 1 aliphatic heterocycles. The van der Waals surface area contributed by atoms with Gasteiger partial charge in [-0.3, -0.25) is 4.79 Å². The van der Waals surface area contributed by atoms with Crippen LogP contribution in [0.5, 0.6) is 0 Å². The van der Waals surface area contributed by atoms with Gasteiger partial charge in [-0.1, -0.05) is 11.6 Å². The number of fused-ring (bicyclic) bond motifs is 1. The molecule has 0 atom stereocenters. The van der Waals surface area contributed by atoms with Gasteiger partial charge >= 0.3 is 0 Å². The molecule has 0 aliphatic carbocycles. The van der Waals surface area contributed by atoms with Crippen molar-refractivity contribution in [2.45, 2.75) is 32.7 Å². The summed E-state index contributed by atoms with van der Waals surface area (Å²) in [5, 5.41) is 0.970. The van der Waals surface area contributed by atoms with Crippen molar-refractivity contribution in [1.82, 2.24) is 14.5 Å². The van der Waals surface area contributed by atoms with Gasteiger partial charge in [0.15, 0.2) is 0 Å². The normalized spacial score (nSPS) is 17.6. The number of hydrogen-bond donors (Lipinski definition) is 1. The maximum absolute atomic E-state index is 12.7. The third kappa shape index (κ3) is 2.96. The molecule has 4 rings (SSSR count). The predicted molar refractivity (Wildman–Crippen MR) is 102 cm³/mol. The summed E-state index contributed by atoms with van der Waals surface area (Å²) in [7, 11) is -2.93. The average molecular weight is 371 g/mol.